The highest BCUT2D eigenvalue weighted by Gasteiger charge is 2.14. The maximum atomic E-state index is 12.7. The van der Waals surface area contributed by atoms with Crippen molar-refractivity contribution < 1.29 is 9.53 Å². The van der Waals surface area contributed by atoms with Crippen LogP contribution in [-0.2, 0) is 22.5 Å². The second-order valence-corrected chi connectivity index (χ2v) is 5.99. The summed E-state index contributed by atoms with van der Waals surface area (Å²) in [7, 11) is 1.30. The van der Waals surface area contributed by atoms with Gasteiger partial charge < -0.3 is 4.74 Å². The topological polar surface area (TPSA) is 61.2 Å². The van der Waals surface area contributed by atoms with E-state index in [0.717, 1.165) is 17.5 Å². The van der Waals surface area contributed by atoms with Gasteiger partial charge in [-0.3, -0.25) is 14.2 Å². The average Bonchev–Trinajstić information content (AvgIpc) is 3.02. The van der Waals surface area contributed by atoms with E-state index in [0.29, 0.717) is 10.2 Å². The van der Waals surface area contributed by atoms with Crippen molar-refractivity contribution in [3.63, 3.8) is 0 Å². The van der Waals surface area contributed by atoms with E-state index in [9.17, 15) is 9.59 Å². The molecule has 0 saturated heterocycles. The summed E-state index contributed by atoms with van der Waals surface area (Å²) < 4.78 is 5.90. The van der Waals surface area contributed by atoms with Crippen molar-refractivity contribution in [2.75, 3.05) is 7.11 Å². The summed E-state index contributed by atoms with van der Waals surface area (Å²) >= 11 is 1.43. The molecule has 5 nitrogen and oxygen atoms in total. The molecule has 118 valence electrons. The maximum absolute atomic E-state index is 12.7. The van der Waals surface area contributed by atoms with E-state index in [-0.39, 0.29) is 12.1 Å². The van der Waals surface area contributed by atoms with Gasteiger partial charge >= 0.3 is 5.97 Å². The van der Waals surface area contributed by atoms with Gasteiger partial charge in [0, 0.05) is 10.9 Å². The van der Waals surface area contributed by atoms with Crippen LogP contribution < -0.4 is 5.56 Å². The van der Waals surface area contributed by atoms with E-state index in [1.165, 1.54) is 34.9 Å². The number of esters is 1. The summed E-state index contributed by atoms with van der Waals surface area (Å²) in [6.07, 6.45) is 2.36. The minimum Gasteiger partial charge on any atom is -0.468 e. The van der Waals surface area contributed by atoms with Crippen molar-refractivity contribution >= 4 is 27.5 Å². The molecule has 23 heavy (non-hydrogen) atoms. The largest absolute Gasteiger partial charge is 0.468 e. The number of hydrogen-bond acceptors (Lipinski definition) is 5. The first-order valence-electron chi connectivity index (χ1n) is 7.26. The molecule has 0 fully saturated rings. The van der Waals surface area contributed by atoms with Gasteiger partial charge in [-0.1, -0.05) is 31.2 Å². The van der Waals surface area contributed by atoms with Crippen LogP contribution in [0.3, 0.4) is 0 Å². The molecule has 6 heteroatoms. The van der Waals surface area contributed by atoms with Crippen LogP contribution in [-0.4, -0.2) is 22.6 Å². The van der Waals surface area contributed by atoms with Crippen LogP contribution in [0.4, 0.5) is 0 Å². The second-order valence-electron chi connectivity index (χ2n) is 5.13. The van der Waals surface area contributed by atoms with Crippen LogP contribution >= 0.6 is 11.3 Å². The third kappa shape index (κ3) is 2.90. The van der Waals surface area contributed by atoms with E-state index >= 15 is 0 Å². The Labute approximate surface area is 137 Å². The van der Waals surface area contributed by atoms with Crippen molar-refractivity contribution in [2.45, 2.75) is 19.9 Å². The molecule has 1 aromatic carbocycles. The molecule has 3 aromatic rings. The third-order valence-corrected chi connectivity index (χ3v) is 4.65. The highest BCUT2D eigenvalue weighted by atomic mass is 32.1. The van der Waals surface area contributed by atoms with Crippen LogP contribution in [0.15, 0.2) is 40.8 Å². The lowest BCUT2D eigenvalue weighted by molar-refractivity contribution is -0.141. The maximum Gasteiger partial charge on any atom is 0.325 e. The number of thiophene rings is 1. The lowest BCUT2D eigenvalue weighted by Crippen LogP contribution is -2.25. The van der Waals surface area contributed by atoms with E-state index in [2.05, 4.69) is 28.8 Å². The molecule has 0 radical (unpaired) electrons. The highest BCUT2D eigenvalue weighted by molar-refractivity contribution is 7.17. The van der Waals surface area contributed by atoms with Crippen LogP contribution in [0.2, 0.25) is 0 Å². The number of nitrogens with zero attached hydrogens (tertiary/aromatic N) is 2. The Bertz CT molecular complexity index is 910. The van der Waals surface area contributed by atoms with E-state index in [4.69, 9.17) is 0 Å². The lowest BCUT2D eigenvalue weighted by Gasteiger charge is -2.05. The number of methoxy groups -OCH3 is 1. The highest BCUT2D eigenvalue weighted by Crippen LogP contribution is 2.30. The lowest BCUT2D eigenvalue weighted by atomic mass is 10.0. The number of carbonyl (C=O) groups excluding carboxylic acids is 1. The molecule has 2 aromatic heterocycles. The normalized spacial score (nSPS) is 10.9. The summed E-state index contributed by atoms with van der Waals surface area (Å²) in [4.78, 5) is 29.1. The Morgan fingerprint density at radius 2 is 2.04 bits per heavy atom. The Hall–Kier alpha value is -2.47. The molecule has 0 atom stereocenters. The van der Waals surface area contributed by atoms with Crippen molar-refractivity contribution in [3.8, 4) is 11.1 Å². The standard InChI is InChI=1S/C17H16N2O3S/c1-3-11-4-6-12(7-5-11)13-9-23-16-15(13)17(21)19(10-18-16)8-14(20)22-2/h4-7,9-10H,3,8H2,1-2H3. The Morgan fingerprint density at radius 3 is 2.70 bits per heavy atom. The quantitative estimate of drug-likeness (QED) is 0.691. The van der Waals surface area contributed by atoms with Gasteiger partial charge in [-0.2, -0.15) is 0 Å². The molecule has 3 rings (SSSR count). The van der Waals surface area contributed by atoms with Gasteiger partial charge in [0.1, 0.15) is 11.4 Å². The summed E-state index contributed by atoms with van der Waals surface area (Å²) in [5.41, 5.74) is 2.85. The van der Waals surface area contributed by atoms with Gasteiger partial charge in [-0.15, -0.1) is 11.3 Å². The molecule has 0 aliphatic rings. The summed E-state index contributed by atoms with van der Waals surface area (Å²) in [6, 6.07) is 8.14. The van der Waals surface area contributed by atoms with Crippen LogP contribution in [0.25, 0.3) is 21.3 Å². The zero-order chi connectivity index (χ0) is 16.4. The SMILES string of the molecule is CCc1ccc(-c2csc3ncn(CC(=O)OC)c(=O)c23)cc1. The van der Waals surface area contributed by atoms with Gasteiger partial charge in [0.2, 0.25) is 0 Å². The number of rotatable bonds is 4. The molecule has 2 heterocycles. The van der Waals surface area contributed by atoms with Gasteiger partial charge in [0.05, 0.1) is 18.8 Å². The van der Waals surface area contributed by atoms with Crippen molar-refractivity contribution in [3.05, 3.63) is 51.9 Å². The van der Waals surface area contributed by atoms with Gasteiger partial charge in [0.15, 0.2) is 0 Å². The third-order valence-electron chi connectivity index (χ3n) is 3.76. The van der Waals surface area contributed by atoms with Crippen LogP contribution in [0.5, 0.6) is 0 Å². The minimum atomic E-state index is -0.475. The van der Waals surface area contributed by atoms with Crippen LogP contribution in [0, 0.1) is 0 Å². The number of ether oxygens (including phenoxy) is 1. The average molecular weight is 328 g/mol. The fourth-order valence-corrected chi connectivity index (χ4v) is 3.32. The molecule has 0 saturated carbocycles. The van der Waals surface area contributed by atoms with Gasteiger partial charge in [-0.05, 0) is 17.5 Å². The molecule has 0 aliphatic heterocycles. The fraction of sp³-hybridized carbons (Fsp3) is 0.235. The molecule has 0 amide bonds. The van der Waals surface area contributed by atoms with E-state index in [1.807, 2.05) is 17.5 Å². The number of fused-ring (bicyclic) bond motifs is 1. The predicted octanol–water partition coefficient (Wildman–Crippen LogP) is 2.86. The van der Waals surface area contributed by atoms with Crippen LogP contribution in [0.1, 0.15) is 12.5 Å². The summed E-state index contributed by atoms with van der Waals surface area (Å²) in [5.74, 6) is -0.475. The molecule has 0 aliphatic carbocycles. The number of benzene rings is 1. The first kappa shape index (κ1) is 15.4. The molecule has 0 bridgehead atoms. The van der Waals surface area contributed by atoms with Gasteiger partial charge in [0.25, 0.3) is 5.56 Å². The zero-order valence-electron chi connectivity index (χ0n) is 12.9. The molecule has 0 spiro atoms. The molecule has 0 N–H and O–H groups in total. The van der Waals surface area contributed by atoms with E-state index in [1.54, 1.807) is 0 Å². The number of aromatic nitrogens is 2. The first-order chi connectivity index (χ1) is 11.1. The van der Waals surface area contributed by atoms with Crippen molar-refractivity contribution in [1.82, 2.24) is 9.55 Å². The Morgan fingerprint density at radius 1 is 1.30 bits per heavy atom. The summed E-state index contributed by atoms with van der Waals surface area (Å²) in [6.45, 7) is 1.97. The van der Waals surface area contributed by atoms with Gasteiger partial charge in [-0.25, -0.2) is 4.98 Å². The zero-order valence-corrected chi connectivity index (χ0v) is 13.7. The fourth-order valence-electron chi connectivity index (χ4n) is 2.42. The number of aryl methyl sites for hydroxylation is 1. The smallest absolute Gasteiger partial charge is 0.325 e. The van der Waals surface area contributed by atoms with E-state index < -0.39 is 5.97 Å². The Balaban J connectivity index is 2.12. The van der Waals surface area contributed by atoms with Crippen molar-refractivity contribution in [1.29, 1.82) is 0 Å². The Kier molecular flexibility index (Phi) is 4.25. The molecular weight excluding hydrogens is 312 g/mol. The monoisotopic (exact) mass is 328 g/mol. The predicted molar refractivity (Wildman–Crippen MR) is 90.7 cm³/mol. The minimum absolute atomic E-state index is 0.137. The number of hydrogen-bond donors (Lipinski definition) is 0. The van der Waals surface area contributed by atoms with Crippen molar-refractivity contribution in [2.24, 2.45) is 0 Å². The molecule has 0 unspecified atom stereocenters. The first-order valence-corrected chi connectivity index (χ1v) is 8.14. The summed E-state index contributed by atoms with van der Waals surface area (Å²) in [5, 5.41) is 2.48. The molecular formula is C17H16N2O3S. The number of carbonyl (C=O) groups is 1. The second kappa shape index (κ2) is 6.34.